The molecular weight excluding hydrogens is 333 g/mol. The van der Waals surface area contributed by atoms with Crippen LogP contribution in [0, 0.1) is 5.82 Å². The fraction of sp³-hybridized carbons (Fsp3) is 0.286. The number of aryl methyl sites for hydroxylation is 2. The molecule has 0 radical (unpaired) electrons. The van der Waals surface area contributed by atoms with Crippen LogP contribution in [0.5, 0.6) is 5.75 Å². The number of ether oxygens (including phenoxy) is 2. The quantitative estimate of drug-likeness (QED) is 0.481. The lowest BCUT2D eigenvalue weighted by molar-refractivity contribution is -0.146. The predicted octanol–water partition coefficient (Wildman–Crippen LogP) is 4.42. The van der Waals surface area contributed by atoms with Gasteiger partial charge in [0.05, 0.1) is 6.61 Å². The number of H-pyrrole nitrogens is 1. The van der Waals surface area contributed by atoms with Crippen LogP contribution in [0.15, 0.2) is 48.7 Å². The summed E-state index contributed by atoms with van der Waals surface area (Å²) in [4.78, 5) is 14.9. The second-order valence-corrected chi connectivity index (χ2v) is 6.11. The van der Waals surface area contributed by atoms with Crippen LogP contribution in [0.25, 0.3) is 10.9 Å². The van der Waals surface area contributed by atoms with Gasteiger partial charge in [-0.2, -0.15) is 0 Å². The third-order valence-electron chi connectivity index (χ3n) is 4.27. The van der Waals surface area contributed by atoms with Crippen LogP contribution in [0.2, 0.25) is 0 Å². The maximum absolute atomic E-state index is 13.4. The molecule has 0 atom stereocenters. The zero-order chi connectivity index (χ0) is 18.4. The Hall–Kier alpha value is -2.82. The second-order valence-electron chi connectivity index (χ2n) is 6.11. The Bertz CT molecular complexity index is 871. The highest BCUT2D eigenvalue weighted by molar-refractivity contribution is 5.83. The number of hydrogen-bond donors (Lipinski definition) is 1. The van der Waals surface area contributed by atoms with Crippen molar-refractivity contribution in [2.45, 2.75) is 26.2 Å². The van der Waals surface area contributed by atoms with Crippen LogP contribution in [-0.2, 0) is 22.4 Å². The molecule has 0 unspecified atom stereocenters. The van der Waals surface area contributed by atoms with Gasteiger partial charge in [-0.05, 0) is 60.7 Å². The maximum atomic E-state index is 13.4. The summed E-state index contributed by atoms with van der Waals surface area (Å²) in [5, 5.41) is 0.871. The molecule has 0 fully saturated rings. The zero-order valence-corrected chi connectivity index (χ0v) is 14.8. The first-order chi connectivity index (χ1) is 12.7. The molecule has 5 heteroatoms. The fourth-order valence-corrected chi connectivity index (χ4v) is 2.81. The molecule has 0 amide bonds. The van der Waals surface area contributed by atoms with Crippen molar-refractivity contribution < 1.29 is 18.7 Å². The van der Waals surface area contributed by atoms with Gasteiger partial charge in [-0.15, -0.1) is 0 Å². The maximum Gasteiger partial charge on any atom is 0.344 e. The van der Waals surface area contributed by atoms with Gasteiger partial charge in [0.25, 0.3) is 0 Å². The van der Waals surface area contributed by atoms with E-state index in [0.29, 0.717) is 25.2 Å². The highest BCUT2D eigenvalue weighted by Gasteiger charge is 2.07. The average Bonchev–Trinajstić information content (AvgIpc) is 3.06. The van der Waals surface area contributed by atoms with Crippen molar-refractivity contribution >= 4 is 16.9 Å². The minimum Gasteiger partial charge on any atom is -0.482 e. The lowest BCUT2D eigenvalue weighted by Crippen LogP contribution is -2.15. The van der Waals surface area contributed by atoms with Crippen molar-refractivity contribution in [2.24, 2.45) is 0 Å². The molecule has 0 spiro atoms. The van der Waals surface area contributed by atoms with E-state index in [-0.39, 0.29) is 12.4 Å². The lowest BCUT2D eigenvalue weighted by atomic mass is 10.1. The molecule has 0 saturated heterocycles. The van der Waals surface area contributed by atoms with Gasteiger partial charge >= 0.3 is 5.97 Å². The molecule has 2 aromatic carbocycles. The van der Waals surface area contributed by atoms with Crippen LogP contribution >= 0.6 is 0 Å². The monoisotopic (exact) mass is 355 g/mol. The molecule has 0 aliphatic heterocycles. The van der Waals surface area contributed by atoms with Crippen LogP contribution in [0.1, 0.15) is 24.5 Å². The van der Waals surface area contributed by atoms with Gasteiger partial charge in [0, 0.05) is 17.1 Å². The zero-order valence-electron chi connectivity index (χ0n) is 14.8. The third-order valence-corrected chi connectivity index (χ3v) is 4.27. The first-order valence-corrected chi connectivity index (χ1v) is 8.78. The largest absolute Gasteiger partial charge is 0.482 e. The van der Waals surface area contributed by atoms with Crippen molar-refractivity contribution in [3.8, 4) is 5.75 Å². The molecule has 4 nitrogen and oxygen atoms in total. The Balaban J connectivity index is 1.40. The van der Waals surface area contributed by atoms with Crippen molar-refractivity contribution in [3.63, 3.8) is 0 Å². The Kier molecular flexibility index (Phi) is 5.89. The number of benzene rings is 2. The average molecular weight is 355 g/mol. The fourth-order valence-electron chi connectivity index (χ4n) is 2.81. The highest BCUT2D eigenvalue weighted by Crippen LogP contribution is 2.20. The summed E-state index contributed by atoms with van der Waals surface area (Å²) in [6.07, 6.45) is 4.21. The van der Waals surface area contributed by atoms with Crippen molar-refractivity contribution in [2.75, 3.05) is 13.2 Å². The van der Waals surface area contributed by atoms with Crippen molar-refractivity contribution in [1.29, 1.82) is 0 Å². The topological polar surface area (TPSA) is 51.3 Å². The Morgan fingerprint density at radius 1 is 1.15 bits per heavy atom. The van der Waals surface area contributed by atoms with E-state index in [0.717, 1.165) is 22.9 Å². The van der Waals surface area contributed by atoms with Crippen LogP contribution in [-0.4, -0.2) is 24.2 Å². The van der Waals surface area contributed by atoms with E-state index in [1.807, 2.05) is 30.5 Å². The first-order valence-electron chi connectivity index (χ1n) is 8.78. The van der Waals surface area contributed by atoms with Crippen LogP contribution in [0.4, 0.5) is 4.39 Å². The summed E-state index contributed by atoms with van der Waals surface area (Å²) in [6.45, 7) is 2.28. The van der Waals surface area contributed by atoms with E-state index in [1.165, 1.54) is 17.7 Å². The Labute approximate surface area is 151 Å². The molecule has 0 aliphatic rings. The lowest BCUT2D eigenvalue weighted by Gasteiger charge is -2.07. The second kappa shape index (κ2) is 8.52. The number of halogens is 1. The molecule has 136 valence electrons. The van der Waals surface area contributed by atoms with Gasteiger partial charge < -0.3 is 14.5 Å². The Morgan fingerprint density at radius 2 is 1.96 bits per heavy atom. The summed E-state index contributed by atoms with van der Waals surface area (Å²) in [5.74, 6) is 0.00315. The van der Waals surface area contributed by atoms with Gasteiger partial charge in [0.2, 0.25) is 0 Å². The number of carbonyl (C=O) groups is 1. The number of carbonyl (C=O) groups excluding carboxylic acids is 1. The molecule has 1 aromatic heterocycles. The van der Waals surface area contributed by atoms with E-state index >= 15 is 0 Å². The number of fused-ring (bicyclic) bond motifs is 1. The van der Waals surface area contributed by atoms with Crippen LogP contribution in [0.3, 0.4) is 0 Å². The van der Waals surface area contributed by atoms with Gasteiger partial charge in [-0.3, -0.25) is 0 Å². The van der Waals surface area contributed by atoms with E-state index in [1.54, 1.807) is 6.07 Å². The molecule has 3 aromatic rings. The van der Waals surface area contributed by atoms with Crippen LogP contribution < -0.4 is 4.74 Å². The predicted molar refractivity (Wildman–Crippen MR) is 98.9 cm³/mol. The summed E-state index contributed by atoms with van der Waals surface area (Å²) in [6, 6.07) is 12.3. The van der Waals surface area contributed by atoms with Gasteiger partial charge in [0.15, 0.2) is 6.61 Å². The van der Waals surface area contributed by atoms with Gasteiger partial charge in [0.1, 0.15) is 11.6 Å². The summed E-state index contributed by atoms with van der Waals surface area (Å²) in [7, 11) is 0. The molecule has 1 heterocycles. The number of nitrogens with one attached hydrogen (secondary N) is 1. The molecule has 1 N–H and O–H groups in total. The molecule has 26 heavy (non-hydrogen) atoms. The van der Waals surface area contributed by atoms with E-state index < -0.39 is 5.97 Å². The molecule has 0 bridgehead atoms. The number of esters is 1. The minimum atomic E-state index is -0.394. The summed E-state index contributed by atoms with van der Waals surface area (Å²) < 4.78 is 24.0. The summed E-state index contributed by atoms with van der Waals surface area (Å²) in [5.41, 5.74) is 3.14. The smallest absolute Gasteiger partial charge is 0.344 e. The normalized spacial score (nSPS) is 10.8. The molecule has 0 aliphatic carbocycles. The summed E-state index contributed by atoms with van der Waals surface area (Å²) >= 11 is 0. The SMILES string of the molecule is CCc1ccc(OCC(=O)OCCCc2c[nH]c3ccc(F)cc23)cc1. The number of rotatable bonds is 8. The van der Waals surface area contributed by atoms with E-state index in [2.05, 4.69) is 11.9 Å². The van der Waals surface area contributed by atoms with E-state index in [9.17, 15) is 9.18 Å². The number of hydrogen-bond acceptors (Lipinski definition) is 3. The van der Waals surface area contributed by atoms with Crippen molar-refractivity contribution in [1.82, 2.24) is 4.98 Å². The van der Waals surface area contributed by atoms with E-state index in [4.69, 9.17) is 9.47 Å². The Morgan fingerprint density at radius 3 is 2.73 bits per heavy atom. The highest BCUT2D eigenvalue weighted by atomic mass is 19.1. The minimum absolute atomic E-state index is 0.107. The van der Waals surface area contributed by atoms with Gasteiger partial charge in [-0.25, -0.2) is 9.18 Å². The number of aromatic nitrogens is 1. The molecule has 3 rings (SSSR count). The standard InChI is InChI=1S/C21H22FNO3/c1-2-15-5-8-18(9-6-15)26-14-21(24)25-11-3-4-16-13-23-20-10-7-17(22)12-19(16)20/h5-10,12-13,23H,2-4,11,14H2,1H3. The molecular formula is C21H22FNO3. The van der Waals surface area contributed by atoms with Crippen molar-refractivity contribution in [3.05, 3.63) is 65.6 Å². The first kappa shape index (κ1) is 18.0. The number of aromatic amines is 1. The van der Waals surface area contributed by atoms with Gasteiger partial charge in [-0.1, -0.05) is 19.1 Å². The molecule has 0 saturated carbocycles. The third kappa shape index (κ3) is 4.63.